The van der Waals surface area contributed by atoms with Crippen molar-refractivity contribution in [2.24, 2.45) is 5.41 Å². The molecule has 1 heterocycles. The molecule has 3 unspecified atom stereocenters. The summed E-state index contributed by atoms with van der Waals surface area (Å²) in [6, 6.07) is 2.22. The minimum Gasteiger partial charge on any atom is -0.315 e. The SMILES string of the molecule is CNC1C(N2CCCCC2C)CCCC1(C)C. The van der Waals surface area contributed by atoms with Gasteiger partial charge < -0.3 is 5.32 Å². The highest BCUT2D eigenvalue weighted by molar-refractivity contribution is 4.99. The predicted molar refractivity (Wildman–Crippen MR) is 74.3 cm³/mol. The lowest BCUT2D eigenvalue weighted by Crippen LogP contribution is -2.60. The standard InChI is InChI=1S/C15H30N2/c1-12-8-5-6-11-17(12)13-9-7-10-15(2,3)14(13)16-4/h12-14,16H,5-11H2,1-4H3. The Bertz CT molecular complexity index is 249. The van der Waals surface area contributed by atoms with Crippen molar-refractivity contribution >= 4 is 0 Å². The van der Waals surface area contributed by atoms with Crippen LogP contribution >= 0.6 is 0 Å². The molecule has 100 valence electrons. The van der Waals surface area contributed by atoms with Crippen LogP contribution in [0.2, 0.25) is 0 Å². The van der Waals surface area contributed by atoms with Crippen molar-refractivity contribution in [2.45, 2.75) is 77.4 Å². The number of nitrogens with zero attached hydrogens (tertiary/aromatic N) is 1. The molecule has 0 aromatic carbocycles. The zero-order chi connectivity index (χ0) is 12.5. The fourth-order valence-corrected chi connectivity index (χ4v) is 4.16. The lowest BCUT2D eigenvalue weighted by Gasteiger charge is -2.51. The minimum atomic E-state index is 0.453. The van der Waals surface area contributed by atoms with Gasteiger partial charge in [0.05, 0.1) is 0 Å². The molecule has 0 aromatic heterocycles. The molecule has 1 saturated carbocycles. The summed E-state index contributed by atoms with van der Waals surface area (Å²) in [5.74, 6) is 0. The van der Waals surface area contributed by atoms with E-state index < -0.39 is 0 Å². The zero-order valence-corrected chi connectivity index (χ0v) is 12.1. The van der Waals surface area contributed by atoms with Gasteiger partial charge in [0.2, 0.25) is 0 Å². The van der Waals surface area contributed by atoms with Crippen LogP contribution in [-0.4, -0.2) is 36.6 Å². The average Bonchev–Trinajstić information content (AvgIpc) is 2.28. The van der Waals surface area contributed by atoms with Gasteiger partial charge in [-0.05, 0) is 51.6 Å². The van der Waals surface area contributed by atoms with Crippen molar-refractivity contribution in [3.8, 4) is 0 Å². The molecule has 2 nitrogen and oxygen atoms in total. The van der Waals surface area contributed by atoms with E-state index in [0.29, 0.717) is 11.5 Å². The van der Waals surface area contributed by atoms with Gasteiger partial charge in [-0.2, -0.15) is 0 Å². The summed E-state index contributed by atoms with van der Waals surface area (Å²) in [4.78, 5) is 2.80. The smallest absolute Gasteiger partial charge is 0.0271 e. The minimum absolute atomic E-state index is 0.453. The van der Waals surface area contributed by atoms with Crippen molar-refractivity contribution in [3.05, 3.63) is 0 Å². The van der Waals surface area contributed by atoms with Gasteiger partial charge in [-0.1, -0.05) is 26.7 Å². The Morgan fingerprint density at radius 1 is 1.12 bits per heavy atom. The third-order valence-corrected chi connectivity index (χ3v) is 5.14. The van der Waals surface area contributed by atoms with Gasteiger partial charge in [-0.25, -0.2) is 0 Å². The first-order chi connectivity index (χ1) is 8.06. The number of piperidine rings is 1. The first kappa shape index (κ1) is 13.4. The number of nitrogens with one attached hydrogen (secondary N) is 1. The van der Waals surface area contributed by atoms with Gasteiger partial charge in [0.15, 0.2) is 0 Å². The van der Waals surface area contributed by atoms with Gasteiger partial charge in [0, 0.05) is 18.1 Å². The fraction of sp³-hybridized carbons (Fsp3) is 1.00. The highest BCUT2D eigenvalue weighted by Gasteiger charge is 2.41. The molecule has 2 aliphatic rings. The Kier molecular flexibility index (Phi) is 4.14. The summed E-state index contributed by atoms with van der Waals surface area (Å²) in [7, 11) is 2.15. The van der Waals surface area contributed by atoms with E-state index in [9.17, 15) is 0 Å². The molecular formula is C15H30N2. The molecule has 1 saturated heterocycles. The number of hydrogen-bond acceptors (Lipinski definition) is 2. The monoisotopic (exact) mass is 238 g/mol. The Hall–Kier alpha value is -0.0800. The number of likely N-dealkylation sites (tertiary alicyclic amines) is 1. The molecule has 1 aliphatic carbocycles. The van der Waals surface area contributed by atoms with Gasteiger partial charge >= 0.3 is 0 Å². The Labute approximate surface area is 107 Å². The first-order valence-electron chi connectivity index (χ1n) is 7.49. The Morgan fingerprint density at radius 2 is 1.88 bits per heavy atom. The summed E-state index contributed by atoms with van der Waals surface area (Å²) in [6.45, 7) is 8.62. The number of hydrogen-bond donors (Lipinski definition) is 1. The number of rotatable bonds is 2. The molecule has 0 bridgehead atoms. The van der Waals surface area contributed by atoms with Gasteiger partial charge in [-0.3, -0.25) is 4.90 Å². The molecule has 2 fully saturated rings. The molecule has 2 rings (SSSR count). The summed E-state index contributed by atoms with van der Waals surface area (Å²) in [5.41, 5.74) is 0.453. The van der Waals surface area contributed by atoms with Crippen molar-refractivity contribution < 1.29 is 0 Å². The van der Waals surface area contributed by atoms with Crippen molar-refractivity contribution in [2.75, 3.05) is 13.6 Å². The van der Waals surface area contributed by atoms with E-state index in [2.05, 4.69) is 38.0 Å². The van der Waals surface area contributed by atoms with Crippen LogP contribution in [0.4, 0.5) is 0 Å². The molecule has 0 amide bonds. The number of likely N-dealkylation sites (N-methyl/N-ethyl adjacent to an activating group) is 1. The van der Waals surface area contributed by atoms with Crippen LogP contribution in [0.15, 0.2) is 0 Å². The molecule has 0 spiro atoms. The summed E-state index contributed by atoms with van der Waals surface area (Å²) >= 11 is 0. The van der Waals surface area contributed by atoms with E-state index in [4.69, 9.17) is 0 Å². The molecule has 3 atom stereocenters. The zero-order valence-electron chi connectivity index (χ0n) is 12.1. The largest absolute Gasteiger partial charge is 0.315 e. The molecule has 0 aromatic rings. The van der Waals surface area contributed by atoms with Gasteiger partial charge in [0.1, 0.15) is 0 Å². The lowest BCUT2D eigenvalue weighted by molar-refractivity contribution is 0.0150. The molecule has 0 radical (unpaired) electrons. The summed E-state index contributed by atoms with van der Waals surface area (Å²) in [6.07, 6.45) is 8.39. The van der Waals surface area contributed by atoms with E-state index in [1.54, 1.807) is 0 Å². The maximum atomic E-state index is 3.62. The lowest BCUT2D eigenvalue weighted by atomic mass is 9.70. The third kappa shape index (κ3) is 2.68. The fourth-order valence-electron chi connectivity index (χ4n) is 4.16. The Morgan fingerprint density at radius 3 is 2.53 bits per heavy atom. The predicted octanol–water partition coefficient (Wildman–Crippen LogP) is 3.03. The van der Waals surface area contributed by atoms with E-state index >= 15 is 0 Å². The topological polar surface area (TPSA) is 15.3 Å². The quantitative estimate of drug-likeness (QED) is 0.795. The van der Waals surface area contributed by atoms with Gasteiger partial charge in [-0.15, -0.1) is 0 Å². The van der Waals surface area contributed by atoms with Crippen molar-refractivity contribution in [1.82, 2.24) is 10.2 Å². The van der Waals surface area contributed by atoms with Gasteiger partial charge in [0.25, 0.3) is 0 Å². The average molecular weight is 238 g/mol. The van der Waals surface area contributed by atoms with Crippen LogP contribution in [0.3, 0.4) is 0 Å². The summed E-state index contributed by atoms with van der Waals surface area (Å²) in [5, 5.41) is 3.62. The second-order valence-corrected chi connectivity index (χ2v) is 6.80. The van der Waals surface area contributed by atoms with E-state index in [-0.39, 0.29) is 0 Å². The van der Waals surface area contributed by atoms with E-state index in [0.717, 1.165) is 12.1 Å². The van der Waals surface area contributed by atoms with Crippen LogP contribution in [0.1, 0.15) is 59.3 Å². The van der Waals surface area contributed by atoms with Crippen molar-refractivity contribution in [1.29, 1.82) is 0 Å². The second-order valence-electron chi connectivity index (χ2n) is 6.80. The van der Waals surface area contributed by atoms with E-state index in [1.165, 1.54) is 45.1 Å². The highest BCUT2D eigenvalue weighted by Crippen LogP contribution is 2.39. The third-order valence-electron chi connectivity index (χ3n) is 5.14. The van der Waals surface area contributed by atoms with Crippen LogP contribution in [0.5, 0.6) is 0 Å². The summed E-state index contributed by atoms with van der Waals surface area (Å²) < 4.78 is 0. The van der Waals surface area contributed by atoms with Crippen LogP contribution < -0.4 is 5.32 Å². The van der Waals surface area contributed by atoms with Crippen LogP contribution in [-0.2, 0) is 0 Å². The maximum Gasteiger partial charge on any atom is 0.0271 e. The normalized spacial score (nSPS) is 39.2. The molecule has 1 aliphatic heterocycles. The molecule has 2 heteroatoms. The van der Waals surface area contributed by atoms with Crippen molar-refractivity contribution in [3.63, 3.8) is 0 Å². The molecule has 17 heavy (non-hydrogen) atoms. The highest BCUT2D eigenvalue weighted by atomic mass is 15.2. The van der Waals surface area contributed by atoms with Crippen LogP contribution in [0, 0.1) is 5.41 Å². The second kappa shape index (κ2) is 5.27. The Balaban J connectivity index is 2.11. The molecule has 1 N–H and O–H groups in total. The van der Waals surface area contributed by atoms with E-state index in [1.807, 2.05) is 0 Å². The molecular weight excluding hydrogens is 208 g/mol. The first-order valence-corrected chi connectivity index (χ1v) is 7.49. The maximum absolute atomic E-state index is 3.62. The van der Waals surface area contributed by atoms with Crippen LogP contribution in [0.25, 0.3) is 0 Å².